The Hall–Kier alpha value is -2.69. The van der Waals surface area contributed by atoms with E-state index >= 15 is 0 Å². The molecule has 11 heteroatoms. The molecular formula is C27H37F3N6O2. The normalized spacial score (nSPS) is 28.2. The van der Waals surface area contributed by atoms with Crippen LogP contribution in [0.1, 0.15) is 82.2 Å². The summed E-state index contributed by atoms with van der Waals surface area (Å²) >= 11 is 0. The van der Waals surface area contributed by atoms with Crippen molar-refractivity contribution in [2.45, 2.75) is 88.8 Å². The molecule has 3 atom stereocenters. The smallest absolute Gasteiger partial charge is 0.381 e. The molecule has 2 saturated carbocycles. The van der Waals surface area contributed by atoms with E-state index in [1.807, 2.05) is 6.07 Å². The van der Waals surface area contributed by atoms with Gasteiger partial charge in [-0.1, -0.05) is 6.42 Å². The van der Waals surface area contributed by atoms with Gasteiger partial charge < -0.3 is 15.4 Å². The van der Waals surface area contributed by atoms with E-state index in [9.17, 15) is 18.0 Å². The molecule has 3 aliphatic rings. The summed E-state index contributed by atoms with van der Waals surface area (Å²) in [6.07, 6.45) is 4.59. The number of aromatic amines is 1. The van der Waals surface area contributed by atoms with Crippen molar-refractivity contribution >= 4 is 23.4 Å². The van der Waals surface area contributed by atoms with Crippen molar-refractivity contribution in [2.24, 2.45) is 17.8 Å². The van der Waals surface area contributed by atoms with Crippen LogP contribution >= 0.6 is 0 Å². The predicted octanol–water partition coefficient (Wildman–Crippen LogP) is 6.14. The molecule has 8 nitrogen and oxygen atoms in total. The van der Waals surface area contributed by atoms with Gasteiger partial charge in [-0.3, -0.25) is 9.89 Å². The maximum atomic E-state index is 13.1. The standard InChI is InChI=1S/C27H37F3N6O2/c28-27(29,30)20-3-1-2-18(12-20)14-22(37)13-17-4-6-21(7-5-17)32-26-31-10-8-24(34-26)33-25-15-23(35-36-25)19-9-11-38-16-19/h8,10,15,17-21H,1-7,9,11-14,16H2,(H3,31,32,33,34,35,36)/t17?,18-,19?,20+,21?/m1/s1. The van der Waals surface area contributed by atoms with E-state index < -0.39 is 12.1 Å². The van der Waals surface area contributed by atoms with Crippen LogP contribution < -0.4 is 10.6 Å². The third-order valence-electron chi connectivity index (χ3n) is 8.34. The van der Waals surface area contributed by atoms with Crippen LogP contribution in [0.25, 0.3) is 0 Å². The Kier molecular flexibility index (Phi) is 8.50. The molecule has 2 aromatic rings. The van der Waals surface area contributed by atoms with Gasteiger partial charge in [0.25, 0.3) is 0 Å². The SMILES string of the molecule is O=C(CC1CCC(Nc2nccc(Nc3cc(C4CCOC4)[nH]n3)n2)CC1)C[C@@H]1CCC[C@H](C(F)(F)F)C1. The number of nitrogens with one attached hydrogen (secondary N) is 3. The number of aromatic nitrogens is 4. The molecule has 3 N–H and O–H groups in total. The van der Waals surface area contributed by atoms with Gasteiger partial charge in [-0.15, -0.1) is 0 Å². The van der Waals surface area contributed by atoms with Crippen LogP contribution in [0.2, 0.25) is 0 Å². The number of rotatable bonds is 9. The zero-order chi connectivity index (χ0) is 26.5. The average molecular weight is 535 g/mol. The first-order chi connectivity index (χ1) is 18.3. The number of nitrogens with zero attached hydrogens (tertiary/aromatic N) is 3. The molecular weight excluding hydrogens is 497 g/mol. The minimum atomic E-state index is -4.14. The van der Waals surface area contributed by atoms with E-state index in [0.717, 1.165) is 50.8 Å². The molecule has 1 saturated heterocycles. The number of carbonyl (C=O) groups excluding carboxylic acids is 1. The number of alkyl halides is 3. The lowest BCUT2D eigenvalue weighted by Crippen LogP contribution is -2.30. The number of ether oxygens (including phenoxy) is 1. The number of carbonyl (C=O) groups is 1. The zero-order valence-corrected chi connectivity index (χ0v) is 21.6. The van der Waals surface area contributed by atoms with Gasteiger partial charge >= 0.3 is 6.18 Å². The van der Waals surface area contributed by atoms with E-state index in [-0.39, 0.29) is 30.6 Å². The fourth-order valence-corrected chi connectivity index (χ4v) is 6.21. The second-order valence-electron chi connectivity index (χ2n) is 11.2. The van der Waals surface area contributed by atoms with E-state index in [0.29, 0.717) is 55.3 Å². The highest BCUT2D eigenvalue weighted by atomic mass is 19.4. The number of halogens is 3. The largest absolute Gasteiger partial charge is 0.391 e. The van der Waals surface area contributed by atoms with Crippen molar-refractivity contribution in [3.8, 4) is 0 Å². The van der Waals surface area contributed by atoms with E-state index in [1.165, 1.54) is 0 Å². The molecule has 5 rings (SSSR count). The minimum absolute atomic E-state index is 0.108. The quantitative estimate of drug-likeness (QED) is 0.355. The highest BCUT2D eigenvalue weighted by molar-refractivity contribution is 5.78. The monoisotopic (exact) mass is 534 g/mol. The molecule has 3 fully saturated rings. The van der Waals surface area contributed by atoms with E-state index in [4.69, 9.17) is 4.74 Å². The molecule has 1 aliphatic heterocycles. The second kappa shape index (κ2) is 12.0. The summed E-state index contributed by atoms with van der Waals surface area (Å²) in [7, 11) is 0. The van der Waals surface area contributed by atoms with Gasteiger partial charge in [0.15, 0.2) is 5.82 Å². The number of Topliss-reactive ketones (excluding diaryl/α,β-unsaturated/α-hetero) is 1. The van der Waals surface area contributed by atoms with Crippen molar-refractivity contribution < 1.29 is 22.7 Å². The molecule has 208 valence electrons. The first kappa shape index (κ1) is 26.9. The van der Waals surface area contributed by atoms with Gasteiger partial charge in [0.1, 0.15) is 11.6 Å². The summed E-state index contributed by atoms with van der Waals surface area (Å²) in [4.78, 5) is 21.6. The maximum absolute atomic E-state index is 13.1. The third kappa shape index (κ3) is 7.24. The third-order valence-corrected chi connectivity index (χ3v) is 8.34. The van der Waals surface area contributed by atoms with Crippen molar-refractivity contribution in [3.05, 3.63) is 24.0 Å². The fraction of sp³-hybridized carbons (Fsp3) is 0.704. The molecule has 0 radical (unpaired) electrons. The van der Waals surface area contributed by atoms with E-state index in [1.54, 1.807) is 12.3 Å². The Morgan fingerprint density at radius 1 is 1.05 bits per heavy atom. The van der Waals surface area contributed by atoms with Gasteiger partial charge in [-0.05, 0) is 69.3 Å². The number of H-pyrrole nitrogens is 1. The molecule has 3 heterocycles. The minimum Gasteiger partial charge on any atom is -0.381 e. The first-order valence-electron chi connectivity index (χ1n) is 13.9. The maximum Gasteiger partial charge on any atom is 0.391 e. The average Bonchev–Trinajstić information content (AvgIpc) is 3.58. The van der Waals surface area contributed by atoms with Gasteiger partial charge in [0, 0.05) is 49.4 Å². The molecule has 2 aliphatic carbocycles. The summed E-state index contributed by atoms with van der Waals surface area (Å²) in [5, 5.41) is 14.1. The number of hydrogen-bond donors (Lipinski definition) is 3. The number of ketones is 1. The molecule has 38 heavy (non-hydrogen) atoms. The van der Waals surface area contributed by atoms with Crippen LogP contribution in [-0.2, 0) is 9.53 Å². The molecule has 0 bridgehead atoms. The summed E-state index contributed by atoms with van der Waals surface area (Å²) < 4.78 is 44.7. The zero-order valence-electron chi connectivity index (χ0n) is 21.6. The van der Waals surface area contributed by atoms with Crippen molar-refractivity contribution in [1.29, 1.82) is 0 Å². The van der Waals surface area contributed by atoms with E-state index in [2.05, 4.69) is 30.8 Å². The molecule has 0 aromatic carbocycles. The van der Waals surface area contributed by atoms with Gasteiger partial charge in [-0.25, -0.2) is 4.98 Å². The summed E-state index contributed by atoms with van der Waals surface area (Å²) in [6.45, 7) is 1.49. The molecule has 0 amide bonds. The Labute approximate surface area is 220 Å². The van der Waals surface area contributed by atoms with Crippen molar-refractivity contribution in [1.82, 2.24) is 20.2 Å². The fourth-order valence-electron chi connectivity index (χ4n) is 6.21. The first-order valence-corrected chi connectivity index (χ1v) is 13.9. The highest BCUT2D eigenvalue weighted by Crippen LogP contribution is 2.41. The van der Waals surface area contributed by atoms with Crippen LogP contribution in [0.3, 0.4) is 0 Å². The lowest BCUT2D eigenvalue weighted by Gasteiger charge is -2.31. The van der Waals surface area contributed by atoms with Gasteiger partial charge in [-0.2, -0.15) is 23.3 Å². The van der Waals surface area contributed by atoms with Crippen molar-refractivity contribution in [2.75, 3.05) is 23.8 Å². The summed E-state index contributed by atoms with van der Waals surface area (Å²) in [6, 6.07) is 4.01. The van der Waals surface area contributed by atoms with Crippen LogP contribution in [0.15, 0.2) is 18.3 Å². The van der Waals surface area contributed by atoms with Crippen molar-refractivity contribution in [3.63, 3.8) is 0 Å². The molecule has 2 aromatic heterocycles. The van der Waals surface area contributed by atoms with Gasteiger partial charge in [0.2, 0.25) is 5.95 Å². The number of anilines is 3. The number of hydrogen-bond acceptors (Lipinski definition) is 7. The van der Waals surface area contributed by atoms with Crippen LogP contribution in [0.5, 0.6) is 0 Å². The Bertz CT molecular complexity index is 1060. The van der Waals surface area contributed by atoms with Gasteiger partial charge in [0.05, 0.1) is 12.5 Å². The molecule has 1 unspecified atom stereocenters. The lowest BCUT2D eigenvalue weighted by atomic mass is 9.77. The van der Waals surface area contributed by atoms with Crippen LogP contribution in [-0.4, -0.2) is 51.4 Å². The lowest BCUT2D eigenvalue weighted by molar-refractivity contribution is -0.186. The highest BCUT2D eigenvalue weighted by Gasteiger charge is 2.42. The van der Waals surface area contributed by atoms with Crippen LogP contribution in [0.4, 0.5) is 30.8 Å². The molecule has 0 spiro atoms. The van der Waals surface area contributed by atoms with Crippen LogP contribution in [0, 0.1) is 17.8 Å². The Balaban J connectivity index is 1.05. The predicted molar refractivity (Wildman–Crippen MR) is 137 cm³/mol. The summed E-state index contributed by atoms with van der Waals surface area (Å²) in [5.41, 5.74) is 1.05. The summed E-state index contributed by atoms with van der Waals surface area (Å²) in [5.74, 6) is 1.31. The second-order valence-corrected chi connectivity index (χ2v) is 11.2. The Morgan fingerprint density at radius 2 is 1.87 bits per heavy atom. The Morgan fingerprint density at radius 3 is 2.63 bits per heavy atom. The topological polar surface area (TPSA) is 105 Å².